The number of hydrogen-bond donors (Lipinski definition) is 1. The number of nitriles is 1. The lowest BCUT2D eigenvalue weighted by molar-refractivity contribution is -0.143. The van der Waals surface area contributed by atoms with E-state index in [2.05, 4.69) is 10.1 Å². The van der Waals surface area contributed by atoms with E-state index in [9.17, 15) is 22.8 Å². The van der Waals surface area contributed by atoms with Gasteiger partial charge in [-0.25, -0.2) is 4.79 Å². The van der Waals surface area contributed by atoms with Crippen LogP contribution in [0.5, 0.6) is 0 Å². The molecule has 124 valence electrons. The summed E-state index contributed by atoms with van der Waals surface area (Å²) in [7, 11) is 1.09. The lowest BCUT2D eigenvalue weighted by Crippen LogP contribution is -2.43. The highest BCUT2D eigenvalue weighted by Gasteiger charge is 2.35. The van der Waals surface area contributed by atoms with Gasteiger partial charge in [-0.05, 0) is 25.5 Å². The highest BCUT2D eigenvalue weighted by Crippen LogP contribution is 2.31. The van der Waals surface area contributed by atoms with Crippen LogP contribution in [0.2, 0.25) is 0 Å². The van der Waals surface area contributed by atoms with Gasteiger partial charge in [0.2, 0.25) is 0 Å². The first kappa shape index (κ1) is 18.5. The molecule has 8 heteroatoms. The fourth-order valence-corrected chi connectivity index (χ4v) is 1.93. The number of methoxy groups -OCH3 is 1. The molecule has 0 aliphatic rings. The Hall–Kier alpha value is -2.56. The molecule has 1 amide bonds. The summed E-state index contributed by atoms with van der Waals surface area (Å²) >= 11 is 0. The van der Waals surface area contributed by atoms with E-state index in [-0.39, 0.29) is 6.42 Å². The standard InChI is InChI=1S/C15H15F3N2O3/c1-9(8-19)7-12(14(22)23-2)20-13(21)10-5-3-4-6-11(10)15(16,17)18/h3-6,9,12H,7H2,1-2H3,(H,20,21)/t9-,12-/m0/s1. The number of rotatable bonds is 5. The number of halogens is 3. The van der Waals surface area contributed by atoms with Gasteiger partial charge < -0.3 is 10.1 Å². The minimum absolute atomic E-state index is 0.0664. The number of alkyl halides is 3. The van der Waals surface area contributed by atoms with Crippen molar-refractivity contribution in [3.05, 3.63) is 35.4 Å². The van der Waals surface area contributed by atoms with Crippen LogP contribution in [-0.4, -0.2) is 25.0 Å². The number of ether oxygens (including phenoxy) is 1. The molecule has 2 atom stereocenters. The summed E-state index contributed by atoms with van der Waals surface area (Å²) in [5, 5.41) is 11.0. The minimum Gasteiger partial charge on any atom is -0.467 e. The zero-order chi connectivity index (χ0) is 17.6. The lowest BCUT2D eigenvalue weighted by Gasteiger charge is -2.19. The number of benzene rings is 1. The van der Waals surface area contributed by atoms with E-state index in [1.807, 2.05) is 6.07 Å². The fourth-order valence-electron chi connectivity index (χ4n) is 1.93. The number of esters is 1. The maximum Gasteiger partial charge on any atom is 0.417 e. The van der Waals surface area contributed by atoms with Crippen molar-refractivity contribution in [3.63, 3.8) is 0 Å². The molecule has 1 N–H and O–H groups in total. The van der Waals surface area contributed by atoms with Crippen LogP contribution in [0.1, 0.15) is 29.3 Å². The Kier molecular flexibility index (Phi) is 6.13. The molecule has 0 fully saturated rings. The molecule has 0 unspecified atom stereocenters. The second-order valence-corrected chi connectivity index (χ2v) is 4.86. The number of amides is 1. The molecule has 0 spiro atoms. The number of nitrogens with one attached hydrogen (secondary N) is 1. The minimum atomic E-state index is -4.70. The molecule has 0 aromatic heterocycles. The molecule has 1 rings (SSSR count). The van der Waals surface area contributed by atoms with Crippen molar-refractivity contribution in [2.45, 2.75) is 25.6 Å². The van der Waals surface area contributed by atoms with E-state index in [0.29, 0.717) is 0 Å². The maximum absolute atomic E-state index is 12.9. The van der Waals surface area contributed by atoms with Crippen molar-refractivity contribution in [1.82, 2.24) is 5.32 Å². The summed E-state index contributed by atoms with van der Waals surface area (Å²) in [5.74, 6) is -2.47. The Balaban J connectivity index is 3.05. The molecule has 23 heavy (non-hydrogen) atoms. The monoisotopic (exact) mass is 328 g/mol. The highest BCUT2D eigenvalue weighted by atomic mass is 19.4. The van der Waals surface area contributed by atoms with Crippen molar-refractivity contribution in [3.8, 4) is 6.07 Å². The molecule has 5 nitrogen and oxygen atoms in total. The predicted octanol–water partition coefficient (Wildman–Crippen LogP) is 2.53. The van der Waals surface area contributed by atoms with Crippen LogP contribution in [0.3, 0.4) is 0 Å². The quantitative estimate of drug-likeness (QED) is 0.843. The van der Waals surface area contributed by atoms with Crippen LogP contribution < -0.4 is 5.32 Å². The molecule has 1 aromatic rings. The summed E-state index contributed by atoms with van der Waals surface area (Å²) in [4.78, 5) is 23.8. The predicted molar refractivity (Wildman–Crippen MR) is 74.1 cm³/mol. The molecule has 1 aromatic carbocycles. The molecular weight excluding hydrogens is 313 g/mol. The zero-order valence-electron chi connectivity index (χ0n) is 12.5. The van der Waals surface area contributed by atoms with Gasteiger partial charge >= 0.3 is 12.1 Å². The largest absolute Gasteiger partial charge is 0.467 e. The average molecular weight is 328 g/mol. The van der Waals surface area contributed by atoms with E-state index >= 15 is 0 Å². The van der Waals surface area contributed by atoms with E-state index < -0.39 is 41.1 Å². The van der Waals surface area contributed by atoms with Crippen molar-refractivity contribution < 1.29 is 27.5 Å². The summed E-state index contributed by atoms with van der Waals surface area (Å²) in [6.07, 6.45) is -4.77. The normalized spacial score (nSPS) is 13.6. The first-order valence-corrected chi connectivity index (χ1v) is 6.65. The lowest BCUT2D eigenvalue weighted by atomic mass is 10.0. The molecule has 0 saturated carbocycles. The summed E-state index contributed by atoms with van der Waals surface area (Å²) in [5.41, 5.74) is -1.70. The summed E-state index contributed by atoms with van der Waals surface area (Å²) < 4.78 is 43.3. The van der Waals surface area contributed by atoms with E-state index in [1.165, 1.54) is 13.0 Å². The fraction of sp³-hybridized carbons (Fsp3) is 0.400. The number of carbonyl (C=O) groups is 2. The van der Waals surface area contributed by atoms with Crippen LogP contribution >= 0.6 is 0 Å². The third-order valence-corrected chi connectivity index (χ3v) is 3.08. The first-order chi connectivity index (χ1) is 10.7. The Labute approximate surface area is 131 Å². The Morgan fingerprint density at radius 3 is 2.48 bits per heavy atom. The topological polar surface area (TPSA) is 79.2 Å². The Morgan fingerprint density at radius 1 is 1.35 bits per heavy atom. The molecule has 0 aliphatic carbocycles. The third-order valence-electron chi connectivity index (χ3n) is 3.08. The zero-order valence-corrected chi connectivity index (χ0v) is 12.5. The van der Waals surface area contributed by atoms with Crippen LogP contribution in [0.15, 0.2) is 24.3 Å². The van der Waals surface area contributed by atoms with Gasteiger partial charge in [-0.3, -0.25) is 4.79 Å². The van der Waals surface area contributed by atoms with E-state index in [4.69, 9.17) is 5.26 Å². The van der Waals surface area contributed by atoms with Crippen LogP contribution in [0.25, 0.3) is 0 Å². The third kappa shape index (κ3) is 4.98. The van der Waals surface area contributed by atoms with Gasteiger partial charge in [0.05, 0.1) is 24.3 Å². The van der Waals surface area contributed by atoms with Crippen LogP contribution in [-0.2, 0) is 15.7 Å². The van der Waals surface area contributed by atoms with Crippen molar-refractivity contribution in [1.29, 1.82) is 5.26 Å². The smallest absolute Gasteiger partial charge is 0.417 e. The molecule has 0 bridgehead atoms. The van der Waals surface area contributed by atoms with Gasteiger partial charge in [0.25, 0.3) is 5.91 Å². The summed E-state index contributed by atoms with van der Waals surface area (Å²) in [6.45, 7) is 1.52. The van der Waals surface area contributed by atoms with E-state index in [1.54, 1.807) is 0 Å². The first-order valence-electron chi connectivity index (χ1n) is 6.65. The number of nitrogens with zero attached hydrogens (tertiary/aromatic N) is 1. The number of hydrogen-bond acceptors (Lipinski definition) is 4. The van der Waals surface area contributed by atoms with Crippen molar-refractivity contribution in [2.75, 3.05) is 7.11 Å². The van der Waals surface area contributed by atoms with Gasteiger partial charge in [0, 0.05) is 5.92 Å². The second kappa shape index (κ2) is 7.63. The molecule has 0 radical (unpaired) electrons. The van der Waals surface area contributed by atoms with Gasteiger partial charge in [0.15, 0.2) is 0 Å². The van der Waals surface area contributed by atoms with E-state index in [0.717, 1.165) is 25.3 Å². The molecule has 0 saturated heterocycles. The Morgan fingerprint density at radius 2 is 1.96 bits per heavy atom. The summed E-state index contributed by atoms with van der Waals surface area (Å²) in [6, 6.07) is 4.92. The molecule has 0 aliphatic heterocycles. The number of carbonyl (C=O) groups excluding carboxylic acids is 2. The SMILES string of the molecule is COC(=O)[C@H](C[C@H](C)C#N)NC(=O)c1ccccc1C(F)(F)F. The van der Waals surface area contributed by atoms with Gasteiger partial charge in [-0.1, -0.05) is 12.1 Å². The average Bonchev–Trinajstić information content (AvgIpc) is 2.52. The van der Waals surface area contributed by atoms with Crippen LogP contribution in [0.4, 0.5) is 13.2 Å². The van der Waals surface area contributed by atoms with Gasteiger partial charge in [-0.2, -0.15) is 18.4 Å². The maximum atomic E-state index is 12.9. The van der Waals surface area contributed by atoms with Gasteiger partial charge in [0.1, 0.15) is 6.04 Å². The van der Waals surface area contributed by atoms with Crippen molar-refractivity contribution >= 4 is 11.9 Å². The van der Waals surface area contributed by atoms with Gasteiger partial charge in [-0.15, -0.1) is 0 Å². The van der Waals surface area contributed by atoms with Crippen LogP contribution in [0, 0.1) is 17.2 Å². The van der Waals surface area contributed by atoms with Crippen molar-refractivity contribution in [2.24, 2.45) is 5.92 Å². The molecule has 0 heterocycles. The Bertz CT molecular complexity index is 623. The molecular formula is C15H15F3N2O3. The highest BCUT2D eigenvalue weighted by molar-refractivity contribution is 5.98. The second-order valence-electron chi connectivity index (χ2n) is 4.86.